The van der Waals surface area contributed by atoms with Crippen molar-refractivity contribution in [3.05, 3.63) is 46.7 Å². The Labute approximate surface area is 167 Å². The predicted octanol–water partition coefficient (Wildman–Crippen LogP) is 1.69. The highest BCUT2D eigenvalue weighted by Crippen LogP contribution is 2.55. The first-order valence-corrected chi connectivity index (χ1v) is 9.05. The zero-order valence-corrected chi connectivity index (χ0v) is 15.7. The van der Waals surface area contributed by atoms with Crippen LogP contribution in [0.1, 0.15) is 18.4 Å². The second kappa shape index (κ2) is 6.58. The number of rotatable bonds is 1. The summed E-state index contributed by atoms with van der Waals surface area (Å²) in [6.07, 6.45) is 1.79. The van der Waals surface area contributed by atoms with Gasteiger partial charge in [0.05, 0.1) is 23.4 Å². The molecule has 0 saturated heterocycles. The van der Waals surface area contributed by atoms with Crippen LogP contribution in [0, 0.1) is 45.3 Å². The fourth-order valence-electron chi connectivity index (χ4n) is 4.42. The molecule has 0 aromatic heterocycles. The van der Waals surface area contributed by atoms with Crippen molar-refractivity contribution in [2.75, 3.05) is 19.9 Å². The summed E-state index contributed by atoms with van der Waals surface area (Å²) in [5.74, 6) is -0.141. The largest absolute Gasteiger partial charge is 0.454 e. The molecule has 0 bridgehead atoms. The van der Waals surface area contributed by atoms with Crippen LogP contribution in [-0.4, -0.2) is 30.7 Å². The number of benzene rings is 1. The Morgan fingerprint density at radius 2 is 1.97 bits per heavy atom. The van der Waals surface area contributed by atoms with Gasteiger partial charge in [-0.25, -0.2) is 0 Å². The number of nitriles is 3. The minimum atomic E-state index is -1.75. The van der Waals surface area contributed by atoms with E-state index >= 15 is 0 Å². The molecule has 0 saturated carbocycles. The van der Waals surface area contributed by atoms with Gasteiger partial charge in [0.25, 0.3) is 0 Å². The van der Waals surface area contributed by atoms with Gasteiger partial charge in [-0.1, -0.05) is 12.1 Å². The van der Waals surface area contributed by atoms with Crippen molar-refractivity contribution in [3.8, 4) is 29.7 Å². The molecule has 2 aliphatic heterocycles. The molecule has 144 valence electrons. The molecule has 0 spiro atoms. The molecular weight excluding hydrogens is 370 g/mol. The maximum Gasteiger partial charge on any atom is 0.231 e. The highest BCUT2D eigenvalue weighted by Gasteiger charge is 2.54. The van der Waals surface area contributed by atoms with Crippen molar-refractivity contribution in [2.45, 2.75) is 12.8 Å². The van der Waals surface area contributed by atoms with Crippen molar-refractivity contribution in [3.63, 3.8) is 0 Å². The van der Waals surface area contributed by atoms with Crippen LogP contribution in [0.25, 0.3) is 0 Å². The predicted molar refractivity (Wildman–Crippen MR) is 99.6 cm³/mol. The van der Waals surface area contributed by atoms with E-state index in [1.807, 2.05) is 0 Å². The van der Waals surface area contributed by atoms with Gasteiger partial charge in [0.2, 0.25) is 12.7 Å². The lowest BCUT2D eigenvalue weighted by atomic mass is 9.58. The number of ether oxygens (including phenoxy) is 2. The Morgan fingerprint density at radius 3 is 2.62 bits per heavy atom. The summed E-state index contributed by atoms with van der Waals surface area (Å²) in [6, 6.07) is 11.5. The van der Waals surface area contributed by atoms with E-state index in [0.29, 0.717) is 29.2 Å². The van der Waals surface area contributed by atoms with Gasteiger partial charge in [-0.3, -0.25) is 4.79 Å². The number of carbonyl (C=O) groups excluding carboxylic acids is 1. The molecule has 8 nitrogen and oxygen atoms in total. The minimum absolute atomic E-state index is 0.0496. The van der Waals surface area contributed by atoms with Gasteiger partial charge in [-0.2, -0.15) is 15.8 Å². The first kappa shape index (κ1) is 18.4. The van der Waals surface area contributed by atoms with Crippen LogP contribution in [0.4, 0.5) is 0 Å². The SMILES string of the molecule is CC(=O)N1CC=C2C(C#N)=C(N)C(C#N)(C#N)[C@H](c3ccc4c(c3)OCO4)[C@H]2C1. The second-order valence-corrected chi connectivity index (χ2v) is 7.21. The van der Waals surface area contributed by atoms with Gasteiger partial charge < -0.3 is 20.1 Å². The van der Waals surface area contributed by atoms with Crippen molar-refractivity contribution in [1.29, 1.82) is 15.8 Å². The van der Waals surface area contributed by atoms with Crippen LogP contribution < -0.4 is 15.2 Å². The first-order valence-electron chi connectivity index (χ1n) is 9.05. The molecule has 1 amide bonds. The minimum Gasteiger partial charge on any atom is -0.454 e. The standard InChI is InChI=1S/C21H17N5O3/c1-12(27)26-5-4-14-15(7-22)20(25)21(9-23,10-24)19(16(14)8-26)13-2-3-17-18(6-13)29-11-28-17/h2-4,6,16,19H,5,8,11,25H2,1H3/t16-,19+/m0/s1. The van der Waals surface area contributed by atoms with Gasteiger partial charge in [0.1, 0.15) is 6.07 Å². The monoisotopic (exact) mass is 387 g/mol. The number of nitrogens with two attached hydrogens (primary N) is 1. The average molecular weight is 387 g/mol. The molecule has 0 unspecified atom stereocenters. The van der Waals surface area contributed by atoms with Gasteiger partial charge in [0.15, 0.2) is 16.9 Å². The Kier molecular flexibility index (Phi) is 4.18. The molecule has 1 aromatic carbocycles. The topological polar surface area (TPSA) is 136 Å². The summed E-state index contributed by atoms with van der Waals surface area (Å²) in [5.41, 5.74) is 5.96. The first-order chi connectivity index (χ1) is 14.0. The van der Waals surface area contributed by atoms with E-state index < -0.39 is 17.3 Å². The van der Waals surface area contributed by atoms with Gasteiger partial charge in [0, 0.05) is 31.8 Å². The van der Waals surface area contributed by atoms with E-state index in [9.17, 15) is 20.6 Å². The van der Waals surface area contributed by atoms with Gasteiger partial charge in [-0.05, 0) is 23.3 Å². The van der Waals surface area contributed by atoms with E-state index in [1.54, 1.807) is 29.2 Å². The van der Waals surface area contributed by atoms with Crippen LogP contribution in [-0.2, 0) is 4.79 Å². The smallest absolute Gasteiger partial charge is 0.231 e. The Morgan fingerprint density at radius 1 is 1.24 bits per heavy atom. The molecular formula is C21H17N5O3. The van der Waals surface area contributed by atoms with Gasteiger partial charge in [-0.15, -0.1) is 0 Å². The summed E-state index contributed by atoms with van der Waals surface area (Å²) in [5, 5.41) is 29.8. The normalized spacial score (nSPS) is 23.9. The fraction of sp³-hybridized carbons (Fsp3) is 0.333. The summed E-state index contributed by atoms with van der Waals surface area (Å²) < 4.78 is 10.8. The summed E-state index contributed by atoms with van der Waals surface area (Å²) in [7, 11) is 0. The molecule has 2 atom stereocenters. The van der Waals surface area contributed by atoms with E-state index in [4.69, 9.17) is 15.2 Å². The summed E-state index contributed by atoms with van der Waals surface area (Å²) in [6.45, 7) is 2.19. The lowest BCUT2D eigenvalue weighted by Crippen LogP contribution is -2.48. The lowest BCUT2D eigenvalue weighted by Gasteiger charge is -2.45. The van der Waals surface area contributed by atoms with Gasteiger partial charge >= 0.3 is 0 Å². The van der Waals surface area contributed by atoms with E-state index in [1.165, 1.54) is 6.92 Å². The summed E-state index contributed by atoms with van der Waals surface area (Å²) >= 11 is 0. The third-order valence-electron chi connectivity index (χ3n) is 5.87. The van der Waals surface area contributed by atoms with Crippen LogP contribution in [0.15, 0.2) is 41.1 Å². The number of fused-ring (bicyclic) bond motifs is 2. The highest BCUT2D eigenvalue weighted by atomic mass is 16.7. The van der Waals surface area contributed by atoms with Crippen LogP contribution in [0.2, 0.25) is 0 Å². The van der Waals surface area contributed by atoms with Crippen molar-refractivity contribution in [2.24, 2.45) is 17.1 Å². The van der Waals surface area contributed by atoms with Crippen molar-refractivity contribution >= 4 is 5.91 Å². The molecule has 0 fully saturated rings. The number of hydrogen-bond donors (Lipinski definition) is 1. The molecule has 1 aliphatic carbocycles. The quantitative estimate of drug-likeness (QED) is 0.774. The lowest BCUT2D eigenvalue weighted by molar-refractivity contribution is -0.129. The summed E-state index contributed by atoms with van der Waals surface area (Å²) in [4.78, 5) is 13.6. The van der Waals surface area contributed by atoms with Crippen LogP contribution >= 0.6 is 0 Å². The van der Waals surface area contributed by atoms with Crippen LogP contribution in [0.5, 0.6) is 11.5 Å². The molecule has 1 aromatic rings. The van der Waals surface area contributed by atoms with E-state index in [-0.39, 0.29) is 30.5 Å². The Bertz CT molecular complexity index is 1080. The number of nitrogens with zero attached hydrogens (tertiary/aromatic N) is 4. The molecule has 4 rings (SSSR count). The fourth-order valence-corrected chi connectivity index (χ4v) is 4.42. The number of allylic oxidation sites excluding steroid dienone is 2. The third-order valence-corrected chi connectivity index (χ3v) is 5.87. The molecule has 2 heterocycles. The van der Waals surface area contributed by atoms with Crippen LogP contribution in [0.3, 0.4) is 0 Å². The molecule has 29 heavy (non-hydrogen) atoms. The van der Waals surface area contributed by atoms with E-state index in [2.05, 4.69) is 18.2 Å². The molecule has 0 radical (unpaired) electrons. The molecule has 3 aliphatic rings. The van der Waals surface area contributed by atoms with Crippen molar-refractivity contribution < 1.29 is 14.3 Å². The zero-order valence-electron chi connectivity index (χ0n) is 15.7. The zero-order chi connectivity index (χ0) is 20.8. The maximum absolute atomic E-state index is 12.0. The second-order valence-electron chi connectivity index (χ2n) is 7.21. The highest BCUT2D eigenvalue weighted by molar-refractivity contribution is 5.74. The number of carbonyl (C=O) groups is 1. The molecule has 2 N–H and O–H groups in total. The average Bonchev–Trinajstić information content (AvgIpc) is 3.20. The molecule has 8 heteroatoms. The Balaban J connectivity index is 1.97. The van der Waals surface area contributed by atoms with E-state index in [0.717, 1.165) is 0 Å². The van der Waals surface area contributed by atoms with Crippen molar-refractivity contribution in [1.82, 2.24) is 4.90 Å². The third kappa shape index (κ3) is 2.52. The number of amides is 1. The maximum atomic E-state index is 12.0. The Hall–Kier alpha value is -3.96. The number of hydrogen-bond acceptors (Lipinski definition) is 7.